The monoisotopic (exact) mass is 226 g/mol. The van der Waals surface area contributed by atoms with Crippen LogP contribution in [0.2, 0.25) is 0 Å². The molecule has 16 heavy (non-hydrogen) atoms. The molecular formula is C13H26N2O. The van der Waals surface area contributed by atoms with Gasteiger partial charge in [0.1, 0.15) is 0 Å². The van der Waals surface area contributed by atoms with E-state index in [1.54, 1.807) is 0 Å². The summed E-state index contributed by atoms with van der Waals surface area (Å²) in [5, 5.41) is 3.54. The lowest BCUT2D eigenvalue weighted by molar-refractivity contribution is 0.0109. The number of likely N-dealkylation sites (tertiary alicyclic amines) is 1. The third-order valence-corrected chi connectivity index (χ3v) is 3.60. The van der Waals surface area contributed by atoms with Crippen LogP contribution in [0, 0.1) is 0 Å². The van der Waals surface area contributed by atoms with Gasteiger partial charge in [-0.05, 0) is 52.1 Å². The second-order valence-corrected chi connectivity index (χ2v) is 5.31. The van der Waals surface area contributed by atoms with Gasteiger partial charge in [-0.15, -0.1) is 0 Å². The van der Waals surface area contributed by atoms with Crippen molar-refractivity contribution in [3.8, 4) is 0 Å². The van der Waals surface area contributed by atoms with E-state index in [2.05, 4.69) is 17.3 Å². The summed E-state index contributed by atoms with van der Waals surface area (Å²) in [6.07, 6.45) is 8.24. The van der Waals surface area contributed by atoms with Crippen LogP contribution in [0.1, 0.15) is 38.5 Å². The fourth-order valence-electron chi connectivity index (χ4n) is 2.22. The summed E-state index contributed by atoms with van der Waals surface area (Å²) in [5.41, 5.74) is 0. The first kappa shape index (κ1) is 12.3. The van der Waals surface area contributed by atoms with E-state index in [1.807, 2.05) is 0 Å². The molecule has 0 bridgehead atoms. The van der Waals surface area contributed by atoms with Gasteiger partial charge in [0, 0.05) is 25.7 Å². The van der Waals surface area contributed by atoms with Crippen molar-refractivity contribution in [3.05, 3.63) is 0 Å². The number of ether oxygens (including phenoxy) is 1. The van der Waals surface area contributed by atoms with E-state index in [1.165, 1.54) is 58.2 Å². The Kier molecular flexibility index (Phi) is 5.07. The van der Waals surface area contributed by atoms with E-state index < -0.39 is 0 Å². The first-order valence-corrected chi connectivity index (χ1v) is 6.88. The number of piperidine rings is 1. The molecule has 0 aromatic rings. The largest absolute Gasteiger partial charge is 0.378 e. The summed E-state index contributed by atoms with van der Waals surface area (Å²) in [6.45, 7) is 4.55. The Bertz CT molecular complexity index is 186. The molecule has 0 aromatic heterocycles. The van der Waals surface area contributed by atoms with Crippen LogP contribution in [0.15, 0.2) is 0 Å². The average molecular weight is 226 g/mol. The minimum Gasteiger partial charge on any atom is -0.378 e. The number of unbranched alkanes of at least 4 members (excludes halogenated alkanes) is 1. The van der Waals surface area contributed by atoms with Crippen LogP contribution in [0.4, 0.5) is 0 Å². The van der Waals surface area contributed by atoms with Crippen LogP contribution in [-0.4, -0.2) is 50.3 Å². The SMILES string of the molecule is CN1CCC(OCCCCNC2CC2)CC1. The fraction of sp³-hybridized carbons (Fsp3) is 1.00. The highest BCUT2D eigenvalue weighted by Gasteiger charge is 2.19. The van der Waals surface area contributed by atoms with E-state index >= 15 is 0 Å². The van der Waals surface area contributed by atoms with Crippen molar-refractivity contribution < 1.29 is 4.74 Å². The van der Waals surface area contributed by atoms with Crippen molar-refractivity contribution in [1.29, 1.82) is 0 Å². The van der Waals surface area contributed by atoms with E-state index in [4.69, 9.17) is 4.74 Å². The summed E-state index contributed by atoms with van der Waals surface area (Å²) < 4.78 is 5.90. The Morgan fingerprint density at radius 3 is 2.56 bits per heavy atom. The minimum absolute atomic E-state index is 0.535. The lowest BCUT2D eigenvalue weighted by Crippen LogP contribution is -2.34. The molecule has 0 radical (unpaired) electrons. The van der Waals surface area contributed by atoms with Gasteiger partial charge in [0.15, 0.2) is 0 Å². The molecule has 0 unspecified atom stereocenters. The van der Waals surface area contributed by atoms with Gasteiger partial charge >= 0.3 is 0 Å². The van der Waals surface area contributed by atoms with Crippen molar-refractivity contribution in [2.75, 3.05) is 33.3 Å². The molecule has 3 nitrogen and oxygen atoms in total. The highest BCUT2D eigenvalue weighted by molar-refractivity contribution is 4.80. The molecule has 2 fully saturated rings. The second kappa shape index (κ2) is 6.58. The van der Waals surface area contributed by atoms with Gasteiger partial charge in [0.05, 0.1) is 6.10 Å². The smallest absolute Gasteiger partial charge is 0.0599 e. The Hall–Kier alpha value is -0.120. The van der Waals surface area contributed by atoms with Crippen LogP contribution in [0.5, 0.6) is 0 Å². The molecule has 1 heterocycles. The predicted octanol–water partition coefficient (Wildman–Crippen LogP) is 1.63. The molecule has 1 aliphatic heterocycles. The summed E-state index contributed by atoms with van der Waals surface area (Å²) >= 11 is 0. The van der Waals surface area contributed by atoms with Gasteiger partial charge in [-0.25, -0.2) is 0 Å². The maximum absolute atomic E-state index is 5.90. The first-order chi connectivity index (χ1) is 7.84. The fourth-order valence-corrected chi connectivity index (χ4v) is 2.22. The molecule has 1 saturated heterocycles. The number of hydrogen-bond acceptors (Lipinski definition) is 3. The zero-order valence-electron chi connectivity index (χ0n) is 10.6. The molecule has 2 aliphatic rings. The van der Waals surface area contributed by atoms with Crippen LogP contribution in [0.3, 0.4) is 0 Å². The van der Waals surface area contributed by atoms with Crippen LogP contribution >= 0.6 is 0 Å². The van der Waals surface area contributed by atoms with E-state index in [-0.39, 0.29) is 0 Å². The maximum atomic E-state index is 5.90. The van der Waals surface area contributed by atoms with Crippen LogP contribution in [0.25, 0.3) is 0 Å². The third kappa shape index (κ3) is 4.81. The average Bonchev–Trinajstić information content (AvgIpc) is 3.10. The van der Waals surface area contributed by atoms with Crippen molar-refractivity contribution in [1.82, 2.24) is 10.2 Å². The molecule has 0 amide bonds. The first-order valence-electron chi connectivity index (χ1n) is 6.88. The number of hydrogen-bond donors (Lipinski definition) is 1. The zero-order valence-corrected chi connectivity index (χ0v) is 10.6. The van der Waals surface area contributed by atoms with E-state index in [0.29, 0.717) is 6.10 Å². The van der Waals surface area contributed by atoms with Crippen LogP contribution in [-0.2, 0) is 4.74 Å². The lowest BCUT2D eigenvalue weighted by atomic mass is 10.1. The van der Waals surface area contributed by atoms with Gasteiger partial charge in [-0.3, -0.25) is 0 Å². The predicted molar refractivity (Wildman–Crippen MR) is 66.7 cm³/mol. The Labute approximate surface area is 99.5 Å². The number of nitrogens with zero attached hydrogens (tertiary/aromatic N) is 1. The highest BCUT2D eigenvalue weighted by Crippen LogP contribution is 2.18. The Balaban J connectivity index is 1.39. The lowest BCUT2D eigenvalue weighted by Gasteiger charge is -2.28. The molecular weight excluding hydrogens is 200 g/mol. The number of nitrogens with one attached hydrogen (secondary N) is 1. The quantitative estimate of drug-likeness (QED) is 0.668. The summed E-state index contributed by atoms with van der Waals surface area (Å²) in [4.78, 5) is 2.39. The third-order valence-electron chi connectivity index (χ3n) is 3.60. The molecule has 0 atom stereocenters. The van der Waals surface area contributed by atoms with Gasteiger partial charge in [0.25, 0.3) is 0 Å². The zero-order chi connectivity index (χ0) is 11.2. The second-order valence-electron chi connectivity index (χ2n) is 5.31. The van der Waals surface area contributed by atoms with E-state index in [9.17, 15) is 0 Å². The number of rotatable bonds is 7. The Morgan fingerprint density at radius 1 is 1.12 bits per heavy atom. The van der Waals surface area contributed by atoms with Crippen molar-refractivity contribution in [3.63, 3.8) is 0 Å². The van der Waals surface area contributed by atoms with E-state index in [0.717, 1.165) is 12.6 Å². The molecule has 1 aliphatic carbocycles. The highest BCUT2D eigenvalue weighted by atomic mass is 16.5. The Morgan fingerprint density at radius 2 is 1.88 bits per heavy atom. The summed E-state index contributed by atoms with van der Waals surface area (Å²) in [5.74, 6) is 0. The normalized spacial score (nSPS) is 23.8. The topological polar surface area (TPSA) is 24.5 Å². The standard InChI is InChI=1S/C13H26N2O/c1-15-9-6-13(7-10-15)16-11-3-2-8-14-12-4-5-12/h12-14H,2-11H2,1H3. The maximum Gasteiger partial charge on any atom is 0.0599 e. The van der Waals surface area contributed by atoms with Gasteiger partial charge in [0.2, 0.25) is 0 Å². The molecule has 3 heteroatoms. The van der Waals surface area contributed by atoms with Gasteiger partial charge < -0.3 is 15.0 Å². The molecule has 0 aromatic carbocycles. The summed E-state index contributed by atoms with van der Waals surface area (Å²) in [7, 11) is 2.19. The molecule has 1 saturated carbocycles. The van der Waals surface area contributed by atoms with Crippen molar-refractivity contribution in [2.24, 2.45) is 0 Å². The van der Waals surface area contributed by atoms with Gasteiger partial charge in [-0.1, -0.05) is 0 Å². The molecule has 94 valence electrons. The summed E-state index contributed by atoms with van der Waals surface area (Å²) in [6, 6.07) is 0.856. The molecule has 0 spiro atoms. The minimum atomic E-state index is 0.535. The van der Waals surface area contributed by atoms with Crippen molar-refractivity contribution in [2.45, 2.75) is 50.7 Å². The van der Waals surface area contributed by atoms with Crippen LogP contribution < -0.4 is 5.32 Å². The molecule has 1 N–H and O–H groups in total. The van der Waals surface area contributed by atoms with Gasteiger partial charge in [-0.2, -0.15) is 0 Å². The molecule has 2 rings (SSSR count). The van der Waals surface area contributed by atoms with Crippen molar-refractivity contribution >= 4 is 0 Å².